The van der Waals surface area contributed by atoms with Crippen molar-refractivity contribution in [2.24, 2.45) is 0 Å². The van der Waals surface area contributed by atoms with Crippen LogP contribution in [0.15, 0.2) is 95.4 Å². The Balaban J connectivity index is 1.46. The number of hydrogen-bond acceptors (Lipinski definition) is 7. The third-order valence-electron chi connectivity index (χ3n) is 5.32. The van der Waals surface area contributed by atoms with Crippen LogP contribution in [-0.4, -0.2) is 23.0 Å². The van der Waals surface area contributed by atoms with Crippen molar-refractivity contribution in [3.8, 4) is 23.2 Å². The van der Waals surface area contributed by atoms with E-state index in [1.54, 1.807) is 30.3 Å². The highest BCUT2D eigenvalue weighted by atomic mass is 16.5. The Kier molecular flexibility index (Phi) is 6.39. The van der Waals surface area contributed by atoms with Crippen molar-refractivity contribution >= 4 is 17.1 Å². The number of esters is 1. The number of fused-ring (bicyclic) bond motifs is 1. The van der Waals surface area contributed by atoms with Gasteiger partial charge in [-0.2, -0.15) is 4.98 Å². The van der Waals surface area contributed by atoms with Crippen molar-refractivity contribution in [1.29, 1.82) is 0 Å². The number of aromatic nitrogens is 2. The van der Waals surface area contributed by atoms with E-state index in [-0.39, 0.29) is 0 Å². The number of nitrogens with zero attached hydrogens (tertiary/aromatic N) is 2. The van der Waals surface area contributed by atoms with Crippen LogP contribution in [0.4, 0.5) is 0 Å². The lowest BCUT2D eigenvalue weighted by Gasteiger charge is -2.11. The smallest absolute Gasteiger partial charge is 0.337 e. The van der Waals surface area contributed by atoms with Crippen molar-refractivity contribution in [1.82, 2.24) is 9.97 Å². The lowest BCUT2D eigenvalue weighted by molar-refractivity contribution is 0.0600. The Bertz CT molecular complexity index is 1450. The minimum Gasteiger partial charge on any atom is -0.473 e. The fraction of sp³-hybridized carbons (Fsp3) is 0.107. The van der Waals surface area contributed by atoms with Crippen molar-refractivity contribution in [2.45, 2.75) is 13.2 Å². The van der Waals surface area contributed by atoms with Crippen molar-refractivity contribution in [3.63, 3.8) is 0 Å². The quantitative estimate of drug-likeness (QED) is 0.266. The fourth-order valence-corrected chi connectivity index (χ4v) is 3.52. The van der Waals surface area contributed by atoms with Gasteiger partial charge in [0.1, 0.15) is 18.7 Å². The molecule has 5 rings (SSSR count). The first-order chi connectivity index (χ1) is 17.2. The lowest BCUT2D eigenvalue weighted by atomic mass is 10.2. The van der Waals surface area contributed by atoms with E-state index in [2.05, 4.69) is 9.97 Å². The molecule has 0 atom stereocenters. The van der Waals surface area contributed by atoms with Crippen molar-refractivity contribution in [3.05, 3.63) is 108 Å². The van der Waals surface area contributed by atoms with Gasteiger partial charge in [-0.3, -0.25) is 0 Å². The van der Waals surface area contributed by atoms with Gasteiger partial charge in [0, 0.05) is 6.07 Å². The van der Waals surface area contributed by atoms with Crippen LogP contribution < -0.4 is 9.47 Å². The number of carbonyl (C=O) groups excluding carboxylic acids is 1. The Hall–Kier alpha value is -4.65. The molecule has 0 aliphatic rings. The summed E-state index contributed by atoms with van der Waals surface area (Å²) in [7, 11) is 1.34. The molecule has 0 bridgehead atoms. The molecule has 2 heterocycles. The molecule has 2 aromatic heterocycles. The van der Waals surface area contributed by atoms with E-state index in [0.717, 1.165) is 11.1 Å². The summed E-state index contributed by atoms with van der Waals surface area (Å²) in [5.74, 6) is 0.634. The summed E-state index contributed by atoms with van der Waals surface area (Å²) in [5, 5.41) is 0. The molecule has 0 N–H and O–H groups in total. The molecule has 0 fully saturated rings. The molecule has 0 amide bonds. The first kappa shape index (κ1) is 22.2. The summed E-state index contributed by atoms with van der Waals surface area (Å²) >= 11 is 0. The minimum absolute atomic E-state index is 0.315. The monoisotopic (exact) mass is 466 g/mol. The molecule has 0 unspecified atom stereocenters. The zero-order valence-electron chi connectivity index (χ0n) is 19.0. The van der Waals surface area contributed by atoms with Crippen molar-refractivity contribution in [2.75, 3.05) is 7.11 Å². The van der Waals surface area contributed by atoms with Gasteiger partial charge in [0.15, 0.2) is 5.58 Å². The maximum atomic E-state index is 11.9. The summed E-state index contributed by atoms with van der Waals surface area (Å²) in [6, 6.07) is 28.2. The molecule has 0 aliphatic heterocycles. The summed E-state index contributed by atoms with van der Waals surface area (Å²) in [6.45, 7) is 0.695. The lowest BCUT2D eigenvalue weighted by Crippen LogP contribution is -2.02. The number of carbonyl (C=O) groups is 1. The van der Waals surface area contributed by atoms with Crippen LogP contribution in [0.5, 0.6) is 11.8 Å². The van der Waals surface area contributed by atoms with E-state index < -0.39 is 5.97 Å². The van der Waals surface area contributed by atoms with E-state index in [9.17, 15) is 4.79 Å². The largest absolute Gasteiger partial charge is 0.473 e. The predicted octanol–water partition coefficient (Wildman–Crippen LogP) is 5.83. The molecule has 35 heavy (non-hydrogen) atoms. The molecule has 0 radical (unpaired) electrons. The number of hydrogen-bond donors (Lipinski definition) is 0. The number of rotatable bonds is 8. The maximum absolute atomic E-state index is 11.9. The average molecular weight is 466 g/mol. The molecule has 7 heteroatoms. The van der Waals surface area contributed by atoms with Gasteiger partial charge in [0.25, 0.3) is 0 Å². The van der Waals surface area contributed by atoms with E-state index >= 15 is 0 Å². The molecule has 174 valence electrons. The number of methoxy groups -OCH3 is 1. The zero-order chi connectivity index (χ0) is 24.0. The second-order valence-corrected chi connectivity index (χ2v) is 7.74. The van der Waals surface area contributed by atoms with E-state index in [1.807, 2.05) is 60.7 Å². The molecule has 0 spiro atoms. The summed E-state index contributed by atoms with van der Waals surface area (Å²) in [5.41, 5.74) is 4.05. The zero-order valence-corrected chi connectivity index (χ0v) is 19.0. The third-order valence-corrected chi connectivity index (χ3v) is 5.32. The first-order valence-corrected chi connectivity index (χ1v) is 11.0. The standard InChI is InChI=1S/C28H22N2O5/c1-32-28(31)21-12-14-23-24(16-21)35-27(29-23)22-13-15-25(33-17-19-8-4-2-5-9-19)30-26(22)34-18-20-10-6-3-7-11-20/h2-16H,17-18H2,1H3. The Labute approximate surface area is 201 Å². The predicted molar refractivity (Wildman–Crippen MR) is 130 cm³/mol. The van der Waals surface area contributed by atoms with Crippen LogP contribution >= 0.6 is 0 Å². The van der Waals surface area contributed by atoms with E-state index in [4.69, 9.17) is 18.6 Å². The summed E-state index contributed by atoms with van der Waals surface area (Å²) in [6.07, 6.45) is 0. The summed E-state index contributed by atoms with van der Waals surface area (Å²) < 4.78 is 22.7. The van der Waals surface area contributed by atoms with Crippen LogP contribution in [0.3, 0.4) is 0 Å². The third kappa shape index (κ3) is 5.14. The maximum Gasteiger partial charge on any atom is 0.337 e. The topological polar surface area (TPSA) is 83.7 Å². The number of pyridine rings is 1. The van der Waals surface area contributed by atoms with Gasteiger partial charge in [0.2, 0.25) is 17.7 Å². The van der Waals surface area contributed by atoms with Gasteiger partial charge in [-0.15, -0.1) is 0 Å². The van der Waals surface area contributed by atoms with E-state index in [0.29, 0.717) is 53.1 Å². The number of oxazole rings is 1. The van der Waals surface area contributed by atoms with Crippen LogP contribution in [0.1, 0.15) is 21.5 Å². The van der Waals surface area contributed by atoms with Crippen LogP contribution in [-0.2, 0) is 18.0 Å². The Morgan fingerprint density at radius 2 is 1.49 bits per heavy atom. The highest BCUT2D eigenvalue weighted by Gasteiger charge is 2.18. The van der Waals surface area contributed by atoms with Gasteiger partial charge in [0.05, 0.1) is 18.2 Å². The SMILES string of the molecule is COC(=O)c1ccc2nc(-c3ccc(OCc4ccccc4)nc3OCc3ccccc3)oc2c1. The molecule has 0 aliphatic carbocycles. The molecule has 5 aromatic rings. The molecule has 0 saturated carbocycles. The second-order valence-electron chi connectivity index (χ2n) is 7.74. The minimum atomic E-state index is -0.446. The molecule has 7 nitrogen and oxygen atoms in total. The normalized spacial score (nSPS) is 10.8. The van der Waals surface area contributed by atoms with Gasteiger partial charge in [-0.05, 0) is 35.4 Å². The second kappa shape index (κ2) is 10.1. The van der Waals surface area contributed by atoms with Crippen LogP contribution in [0.2, 0.25) is 0 Å². The van der Waals surface area contributed by atoms with Gasteiger partial charge in [-0.25, -0.2) is 9.78 Å². The fourth-order valence-electron chi connectivity index (χ4n) is 3.52. The van der Waals surface area contributed by atoms with E-state index in [1.165, 1.54) is 7.11 Å². The number of benzene rings is 3. The molecule has 3 aromatic carbocycles. The molecule has 0 saturated heterocycles. The van der Waals surface area contributed by atoms with Gasteiger partial charge >= 0.3 is 5.97 Å². The van der Waals surface area contributed by atoms with Gasteiger partial charge < -0.3 is 18.6 Å². The van der Waals surface area contributed by atoms with Gasteiger partial charge in [-0.1, -0.05) is 60.7 Å². The van der Waals surface area contributed by atoms with Crippen LogP contribution in [0, 0.1) is 0 Å². The average Bonchev–Trinajstić information content (AvgIpc) is 3.34. The van der Waals surface area contributed by atoms with Crippen molar-refractivity contribution < 1.29 is 23.4 Å². The number of ether oxygens (including phenoxy) is 3. The Morgan fingerprint density at radius 1 is 0.800 bits per heavy atom. The Morgan fingerprint density at radius 3 is 2.17 bits per heavy atom. The van der Waals surface area contributed by atoms with Crippen LogP contribution in [0.25, 0.3) is 22.6 Å². The first-order valence-electron chi connectivity index (χ1n) is 11.0. The summed E-state index contributed by atoms with van der Waals surface area (Å²) in [4.78, 5) is 21.0. The highest BCUT2D eigenvalue weighted by molar-refractivity contribution is 5.93. The molecular weight excluding hydrogens is 444 g/mol. The molecular formula is C28H22N2O5. The highest BCUT2D eigenvalue weighted by Crippen LogP contribution is 2.33.